The molecule has 1 aromatic carbocycles. The number of aryl methyl sites for hydroxylation is 1. The van der Waals surface area contributed by atoms with E-state index in [0.29, 0.717) is 18.0 Å². The van der Waals surface area contributed by atoms with Crippen LogP contribution in [0.3, 0.4) is 0 Å². The highest BCUT2D eigenvalue weighted by Gasteiger charge is 2.28. The van der Waals surface area contributed by atoms with Crippen LogP contribution in [0.2, 0.25) is 0 Å². The fourth-order valence-corrected chi connectivity index (χ4v) is 3.59. The first-order valence-electron chi connectivity index (χ1n) is 10.2. The maximum atomic E-state index is 13.0. The third kappa shape index (κ3) is 5.18. The number of nitrogens with one attached hydrogen (secondary N) is 1. The van der Waals surface area contributed by atoms with Crippen LogP contribution in [0, 0.1) is 6.92 Å². The first-order chi connectivity index (χ1) is 14.7. The van der Waals surface area contributed by atoms with Crippen LogP contribution < -0.4 is 10.1 Å². The Bertz CT molecular complexity index is 961. The molecule has 3 heterocycles. The van der Waals surface area contributed by atoms with Crippen molar-refractivity contribution in [1.82, 2.24) is 19.9 Å². The lowest BCUT2D eigenvalue weighted by molar-refractivity contribution is -0.122. The SMILES string of the molecule is Cc1ncc(CN2CCCC[C@H]2C(=O)Nc2ccc(Oc3cccnc3)cc2)cn1. The molecule has 1 fully saturated rings. The van der Waals surface area contributed by atoms with Gasteiger partial charge in [0.15, 0.2) is 0 Å². The van der Waals surface area contributed by atoms with Crippen molar-refractivity contribution < 1.29 is 9.53 Å². The molecular formula is C23H25N5O2. The van der Waals surface area contributed by atoms with Gasteiger partial charge in [0.2, 0.25) is 5.91 Å². The van der Waals surface area contributed by atoms with Crippen molar-refractivity contribution >= 4 is 11.6 Å². The zero-order chi connectivity index (χ0) is 20.8. The van der Waals surface area contributed by atoms with Gasteiger partial charge in [0, 0.05) is 36.4 Å². The summed E-state index contributed by atoms with van der Waals surface area (Å²) in [5.74, 6) is 2.14. The Hall–Kier alpha value is -3.32. The van der Waals surface area contributed by atoms with Crippen molar-refractivity contribution in [2.24, 2.45) is 0 Å². The van der Waals surface area contributed by atoms with Gasteiger partial charge >= 0.3 is 0 Å². The van der Waals surface area contributed by atoms with Crippen molar-refractivity contribution in [1.29, 1.82) is 0 Å². The Morgan fingerprint density at radius 2 is 1.90 bits per heavy atom. The maximum absolute atomic E-state index is 13.0. The van der Waals surface area contributed by atoms with Gasteiger partial charge in [0.1, 0.15) is 17.3 Å². The van der Waals surface area contributed by atoms with Gasteiger partial charge in [-0.25, -0.2) is 9.97 Å². The number of hydrogen-bond donors (Lipinski definition) is 1. The summed E-state index contributed by atoms with van der Waals surface area (Å²) in [4.78, 5) is 27.8. The lowest BCUT2D eigenvalue weighted by Crippen LogP contribution is -2.46. The number of likely N-dealkylation sites (tertiary alicyclic amines) is 1. The fourth-order valence-electron chi connectivity index (χ4n) is 3.59. The summed E-state index contributed by atoms with van der Waals surface area (Å²) >= 11 is 0. The number of nitrogens with zero attached hydrogens (tertiary/aromatic N) is 4. The summed E-state index contributed by atoms with van der Waals surface area (Å²) in [7, 11) is 0. The molecule has 0 spiro atoms. The number of rotatable bonds is 6. The van der Waals surface area contributed by atoms with Gasteiger partial charge in [0.05, 0.1) is 12.2 Å². The van der Waals surface area contributed by atoms with Crippen LogP contribution in [-0.4, -0.2) is 38.3 Å². The molecule has 7 heteroatoms. The third-order valence-electron chi connectivity index (χ3n) is 5.13. The monoisotopic (exact) mass is 403 g/mol. The minimum absolute atomic E-state index is 0.0173. The second kappa shape index (κ2) is 9.45. The molecule has 0 saturated carbocycles. The molecular weight excluding hydrogens is 378 g/mol. The Labute approximate surface area is 176 Å². The number of pyridine rings is 1. The van der Waals surface area contributed by atoms with Crippen molar-refractivity contribution in [3.63, 3.8) is 0 Å². The van der Waals surface area contributed by atoms with Gasteiger partial charge in [-0.15, -0.1) is 0 Å². The number of carbonyl (C=O) groups is 1. The average molecular weight is 403 g/mol. The predicted molar refractivity (Wildman–Crippen MR) is 114 cm³/mol. The van der Waals surface area contributed by atoms with E-state index in [9.17, 15) is 4.79 Å². The summed E-state index contributed by atoms with van der Waals surface area (Å²) < 4.78 is 5.75. The zero-order valence-electron chi connectivity index (χ0n) is 17.0. The van der Waals surface area contributed by atoms with Crippen LogP contribution >= 0.6 is 0 Å². The number of aromatic nitrogens is 3. The fraction of sp³-hybridized carbons (Fsp3) is 0.304. The van der Waals surface area contributed by atoms with Gasteiger partial charge in [-0.3, -0.25) is 14.7 Å². The number of hydrogen-bond acceptors (Lipinski definition) is 6. The van der Waals surface area contributed by atoms with Gasteiger partial charge < -0.3 is 10.1 Å². The highest BCUT2D eigenvalue weighted by molar-refractivity contribution is 5.94. The molecule has 0 unspecified atom stereocenters. The molecule has 154 valence electrons. The highest BCUT2D eigenvalue weighted by Crippen LogP contribution is 2.24. The summed E-state index contributed by atoms with van der Waals surface area (Å²) in [5.41, 5.74) is 1.78. The molecule has 1 aliphatic heterocycles. The molecule has 1 saturated heterocycles. The van der Waals surface area contributed by atoms with E-state index in [1.807, 2.05) is 55.7 Å². The number of ether oxygens (including phenoxy) is 1. The number of piperidine rings is 1. The molecule has 1 N–H and O–H groups in total. The average Bonchev–Trinajstić information content (AvgIpc) is 2.78. The Morgan fingerprint density at radius 1 is 1.10 bits per heavy atom. The van der Waals surface area contributed by atoms with E-state index < -0.39 is 0 Å². The lowest BCUT2D eigenvalue weighted by Gasteiger charge is -2.34. The van der Waals surface area contributed by atoms with Crippen LogP contribution in [0.25, 0.3) is 0 Å². The number of carbonyl (C=O) groups excluding carboxylic acids is 1. The molecule has 2 aromatic heterocycles. The zero-order valence-corrected chi connectivity index (χ0v) is 17.0. The van der Waals surface area contributed by atoms with E-state index in [0.717, 1.165) is 42.9 Å². The van der Waals surface area contributed by atoms with E-state index in [1.165, 1.54) is 0 Å². The predicted octanol–water partition coefficient (Wildman–Crippen LogP) is 3.97. The van der Waals surface area contributed by atoms with Crippen LogP contribution in [0.1, 0.15) is 30.7 Å². The van der Waals surface area contributed by atoms with E-state index in [2.05, 4.69) is 25.2 Å². The second-order valence-electron chi connectivity index (χ2n) is 7.42. The van der Waals surface area contributed by atoms with Crippen molar-refractivity contribution in [3.8, 4) is 11.5 Å². The molecule has 0 radical (unpaired) electrons. The van der Waals surface area contributed by atoms with E-state index >= 15 is 0 Å². The molecule has 0 bridgehead atoms. The van der Waals surface area contributed by atoms with Gasteiger partial charge in [0.25, 0.3) is 0 Å². The van der Waals surface area contributed by atoms with E-state index in [4.69, 9.17) is 4.74 Å². The minimum Gasteiger partial charge on any atom is -0.456 e. The molecule has 0 aliphatic carbocycles. The lowest BCUT2D eigenvalue weighted by atomic mass is 10.0. The summed E-state index contributed by atoms with van der Waals surface area (Å²) in [6.45, 7) is 3.44. The number of anilines is 1. The first kappa shape index (κ1) is 20.0. The van der Waals surface area contributed by atoms with E-state index in [-0.39, 0.29) is 11.9 Å². The van der Waals surface area contributed by atoms with Gasteiger partial charge in [-0.2, -0.15) is 0 Å². The topological polar surface area (TPSA) is 80.2 Å². The Morgan fingerprint density at radius 3 is 2.63 bits per heavy atom. The largest absolute Gasteiger partial charge is 0.456 e. The normalized spacial score (nSPS) is 16.8. The van der Waals surface area contributed by atoms with Crippen LogP contribution in [0.4, 0.5) is 5.69 Å². The summed E-state index contributed by atoms with van der Waals surface area (Å²) in [5, 5.41) is 3.05. The Kier molecular flexibility index (Phi) is 6.29. The van der Waals surface area contributed by atoms with Gasteiger partial charge in [-0.1, -0.05) is 6.42 Å². The van der Waals surface area contributed by atoms with Crippen LogP contribution in [0.5, 0.6) is 11.5 Å². The van der Waals surface area contributed by atoms with Crippen molar-refractivity contribution in [2.75, 3.05) is 11.9 Å². The smallest absolute Gasteiger partial charge is 0.241 e. The molecule has 1 amide bonds. The highest BCUT2D eigenvalue weighted by atomic mass is 16.5. The molecule has 4 rings (SSSR count). The second-order valence-corrected chi connectivity index (χ2v) is 7.42. The standard InChI is InChI=1S/C23H25N5O2/c1-17-25-13-18(14-26-17)16-28-12-3-2-6-22(28)23(29)27-19-7-9-20(10-8-19)30-21-5-4-11-24-15-21/h4-5,7-11,13-15,22H,2-3,6,12,16H2,1H3,(H,27,29)/t22-/m0/s1. The van der Waals surface area contributed by atoms with Crippen molar-refractivity contribution in [3.05, 3.63) is 72.6 Å². The van der Waals surface area contributed by atoms with Crippen LogP contribution in [-0.2, 0) is 11.3 Å². The molecule has 1 atom stereocenters. The number of amides is 1. The Balaban J connectivity index is 1.38. The maximum Gasteiger partial charge on any atom is 0.241 e. The summed E-state index contributed by atoms with van der Waals surface area (Å²) in [6.07, 6.45) is 10.0. The van der Waals surface area contributed by atoms with Crippen LogP contribution in [0.15, 0.2) is 61.2 Å². The molecule has 1 aliphatic rings. The van der Waals surface area contributed by atoms with Gasteiger partial charge in [-0.05, 0) is 62.7 Å². The molecule has 7 nitrogen and oxygen atoms in total. The number of benzene rings is 1. The molecule has 30 heavy (non-hydrogen) atoms. The summed E-state index contributed by atoms with van der Waals surface area (Å²) in [6, 6.07) is 10.9. The first-order valence-corrected chi connectivity index (χ1v) is 10.2. The quantitative estimate of drug-likeness (QED) is 0.671. The third-order valence-corrected chi connectivity index (χ3v) is 5.13. The van der Waals surface area contributed by atoms with Crippen molar-refractivity contribution in [2.45, 2.75) is 38.8 Å². The molecule has 3 aromatic rings. The minimum atomic E-state index is -0.161. The van der Waals surface area contributed by atoms with E-state index in [1.54, 1.807) is 12.4 Å².